The maximum atomic E-state index is 12.5. The smallest absolute Gasteiger partial charge is 0.227 e. The van der Waals surface area contributed by atoms with E-state index in [0.717, 1.165) is 11.3 Å². The summed E-state index contributed by atoms with van der Waals surface area (Å²) >= 11 is 0. The van der Waals surface area contributed by atoms with E-state index >= 15 is 0 Å². The van der Waals surface area contributed by atoms with Crippen LogP contribution in [0, 0.1) is 25.7 Å². The average molecular weight is 393 g/mol. The van der Waals surface area contributed by atoms with Crippen molar-refractivity contribution < 1.29 is 18.0 Å². The highest BCUT2D eigenvalue weighted by Gasteiger charge is 2.33. The first kappa shape index (κ1) is 19.9. The first-order chi connectivity index (χ1) is 12.7. The Morgan fingerprint density at radius 2 is 1.56 bits per heavy atom. The molecule has 1 aliphatic heterocycles. The molecular weight excluding hydrogens is 364 g/mol. The third-order valence-corrected chi connectivity index (χ3v) is 7.59. The molecule has 27 heavy (non-hydrogen) atoms. The number of aryl methyl sites for hydroxylation is 2. The maximum absolute atomic E-state index is 12.5. The monoisotopic (exact) mass is 392 g/mol. The molecule has 2 N–H and O–H groups in total. The van der Waals surface area contributed by atoms with Crippen molar-refractivity contribution in [1.82, 2.24) is 5.32 Å². The number of rotatable bonds is 4. The second-order valence-electron chi connectivity index (χ2n) is 7.95. The van der Waals surface area contributed by atoms with Gasteiger partial charge in [-0.05, 0) is 69.2 Å². The van der Waals surface area contributed by atoms with E-state index in [-0.39, 0.29) is 41.2 Å². The molecule has 1 heterocycles. The van der Waals surface area contributed by atoms with Gasteiger partial charge in [0.15, 0.2) is 9.84 Å². The lowest BCUT2D eigenvalue weighted by Crippen LogP contribution is -2.41. The Bertz CT molecular complexity index is 826. The van der Waals surface area contributed by atoms with Crippen LogP contribution in [0.3, 0.4) is 0 Å². The third kappa shape index (κ3) is 5.09. The quantitative estimate of drug-likeness (QED) is 0.823. The molecule has 2 amide bonds. The van der Waals surface area contributed by atoms with Gasteiger partial charge in [-0.25, -0.2) is 8.42 Å². The Hall–Kier alpha value is -1.89. The standard InChI is InChI=1S/C20H28N2O4S/c1-13-3-8-17(11-14(13)2)21-19(23)15-4-6-16(7-5-15)20(24)22-18-9-10-27(25,26)12-18/h3,8,11,15-16,18H,4-7,9-10,12H2,1-2H3,(H,21,23)(H,22,24). The molecule has 1 aromatic carbocycles. The van der Waals surface area contributed by atoms with Crippen molar-refractivity contribution in [3.8, 4) is 0 Å². The van der Waals surface area contributed by atoms with Crippen LogP contribution >= 0.6 is 0 Å². The zero-order valence-electron chi connectivity index (χ0n) is 16.0. The van der Waals surface area contributed by atoms with Gasteiger partial charge in [0.25, 0.3) is 0 Å². The number of anilines is 1. The van der Waals surface area contributed by atoms with Crippen LogP contribution in [0.5, 0.6) is 0 Å². The van der Waals surface area contributed by atoms with Crippen molar-refractivity contribution >= 4 is 27.3 Å². The lowest BCUT2D eigenvalue weighted by atomic mass is 9.81. The molecule has 0 bridgehead atoms. The van der Waals surface area contributed by atoms with Crippen molar-refractivity contribution in [2.24, 2.45) is 11.8 Å². The van der Waals surface area contributed by atoms with E-state index in [1.54, 1.807) is 0 Å². The summed E-state index contributed by atoms with van der Waals surface area (Å²) in [6.45, 7) is 4.05. The van der Waals surface area contributed by atoms with Gasteiger partial charge in [-0.1, -0.05) is 6.07 Å². The highest BCUT2D eigenvalue weighted by atomic mass is 32.2. The zero-order chi connectivity index (χ0) is 19.6. The number of amides is 2. The average Bonchev–Trinajstić information content (AvgIpc) is 2.96. The number of hydrogen-bond acceptors (Lipinski definition) is 4. The van der Waals surface area contributed by atoms with Gasteiger partial charge in [0.05, 0.1) is 11.5 Å². The van der Waals surface area contributed by atoms with Crippen LogP contribution in [0.2, 0.25) is 0 Å². The Labute approximate surface area is 161 Å². The summed E-state index contributed by atoms with van der Waals surface area (Å²) in [7, 11) is -3.00. The summed E-state index contributed by atoms with van der Waals surface area (Å²) in [4.78, 5) is 24.9. The van der Waals surface area contributed by atoms with Gasteiger partial charge in [0.1, 0.15) is 0 Å². The Morgan fingerprint density at radius 1 is 0.926 bits per heavy atom. The van der Waals surface area contributed by atoms with Crippen LogP contribution < -0.4 is 10.6 Å². The van der Waals surface area contributed by atoms with Gasteiger partial charge in [0, 0.05) is 23.6 Å². The number of hydrogen-bond donors (Lipinski definition) is 2. The normalized spacial score (nSPS) is 27.1. The molecule has 6 nitrogen and oxygen atoms in total. The van der Waals surface area contributed by atoms with Gasteiger partial charge < -0.3 is 10.6 Å². The predicted octanol–water partition coefficient (Wildman–Crippen LogP) is 2.35. The molecule has 148 valence electrons. The van der Waals surface area contributed by atoms with Crippen LogP contribution in [0.15, 0.2) is 18.2 Å². The molecule has 0 radical (unpaired) electrons. The van der Waals surface area contributed by atoms with Crippen molar-refractivity contribution in [3.05, 3.63) is 29.3 Å². The van der Waals surface area contributed by atoms with E-state index in [2.05, 4.69) is 10.6 Å². The summed E-state index contributed by atoms with van der Waals surface area (Å²) in [5.41, 5.74) is 3.14. The predicted molar refractivity (Wildman–Crippen MR) is 105 cm³/mol. The fourth-order valence-electron chi connectivity index (χ4n) is 3.91. The van der Waals surface area contributed by atoms with E-state index < -0.39 is 9.84 Å². The Balaban J connectivity index is 1.47. The molecule has 2 fully saturated rings. The molecule has 0 aromatic heterocycles. The van der Waals surface area contributed by atoms with Gasteiger partial charge >= 0.3 is 0 Å². The highest BCUT2D eigenvalue weighted by molar-refractivity contribution is 7.91. The summed E-state index contributed by atoms with van der Waals surface area (Å²) in [5.74, 6) is -0.0545. The van der Waals surface area contributed by atoms with Gasteiger partial charge in [-0.2, -0.15) is 0 Å². The topological polar surface area (TPSA) is 92.3 Å². The summed E-state index contributed by atoms with van der Waals surface area (Å²) in [5, 5.41) is 5.87. The summed E-state index contributed by atoms with van der Waals surface area (Å²) in [6.07, 6.45) is 3.18. The fourth-order valence-corrected chi connectivity index (χ4v) is 5.58. The second kappa shape index (κ2) is 8.00. The number of carbonyl (C=O) groups excluding carboxylic acids is 2. The molecular formula is C20H28N2O4S. The van der Waals surface area contributed by atoms with E-state index in [0.29, 0.717) is 32.1 Å². The zero-order valence-corrected chi connectivity index (χ0v) is 16.8. The number of benzene rings is 1. The Kier molecular flexibility index (Phi) is 5.89. The van der Waals surface area contributed by atoms with Gasteiger partial charge in [-0.3, -0.25) is 9.59 Å². The van der Waals surface area contributed by atoms with Crippen LogP contribution in [0.4, 0.5) is 5.69 Å². The molecule has 0 spiro atoms. The van der Waals surface area contributed by atoms with Gasteiger partial charge in [-0.15, -0.1) is 0 Å². The van der Waals surface area contributed by atoms with E-state index in [4.69, 9.17) is 0 Å². The molecule has 3 rings (SSSR count). The minimum Gasteiger partial charge on any atom is -0.352 e. The lowest BCUT2D eigenvalue weighted by molar-refractivity contribution is -0.129. The molecule has 7 heteroatoms. The molecule has 1 atom stereocenters. The largest absolute Gasteiger partial charge is 0.352 e. The van der Waals surface area contributed by atoms with E-state index in [9.17, 15) is 18.0 Å². The van der Waals surface area contributed by atoms with E-state index in [1.807, 2.05) is 32.0 Å². The van der Waals surface area contributed by atoms with Crippen LogP contribution in [-0.2, 0) is 19.4 Å². The first-order valence-corrected chi connectivity index (χ1v) is 11.4. The van der Waals surface area contributed by atoms with Crippen LogP contribution in [-0.4, -0.2) is 37.8 Å². The molecule has 1 unspecified atom stereocenters. The summed E-state index contributed by atoms with van der Waals surface area (Å²) in [6, 6.07) is 5.63. The number of nitrogens with one attached hydrogen (secondary N) is 2. The molecule has 1 saturated heterocycles. The van der Waals surface area contributed by atoms with Crippen molar-refractivity contribution in [1.29, 1.82) is 0 Å². The third-order valence-electron chi connectivity index (χ3n) is 5.82. The molecule has 1 aliphatic carbocycles. The maximum Gasteiger partial charge on any atom is 0.227 e. The van der Waals surface area contributed by atoms with Gasteiger partial charge in [0.2, 0.25) is 11.8 Å². The SMILES string of the molecule is Cc1ccc(NC(=O)C2CCC(C(=O)NC3CCS(=O)(=O)C3)CC2)cc1C. The van der Waals surface area contributed by atoms with E-state index in [1.165, 1.54) is 5.56 Å². The second-order valence-corrected chi connectivity index (χ2v) is 10.2. The molecule has 1 aromatic rings. The minimum atomic E-state index is -3.00. The van der Waals surface area contributed by atoms with Crippen molar-refractivity contribution in [3.63, 3.8) is 0 Å². The number of carbonyl (C=O) groups is 2. The minimum absolute atomic E-state index is 0.0130. The number of sulfone groups is 1. The highest BCUT2D eigenvalue weighted by Crippen LogP contribution is 2.30. The van der Waals surface area contributed by atoms with Crippen LogP contribution in [0.25, 0.3) is 0 Å². The molecule has 1 saturated carbocycles. The Morgan fingerprint density at radius 3 is 2.11 bits per heavy atom. The van der Waals surface area contributed by atoms with Crippen molar-refractivity contribution in [2.75, 3.05) is 16.8 Å². The van der Waals surface area contributed by atoms with Crippen LogP contribution in [0.1, 0.15) is 43.2 Å². The fraction of sp³-hybridized carbons (Fsp3) is 0.600. The summed E-state index contributed by atoms with van der Waals surface area (Å²) < 4.78 is 23.0. The lowest BCUT2D eigenvalue weighted by Gasteiger charge is -2.28. The first-order valence-electron chi connectivity index (χ1n) is 9.62. The van der Waals surface area contributed by atoms with Crippen molar-refractivity contribution in [2.45, 2.75) is 52.0 Å². The molecule has 2 aliphatic rings.